The number of piperazine rings is 1. The smallest absolute Gasteiger partial charge is 0.253 e. The van der Waals surface area contributed by atoms with Crippen molar-refractivity contribution in [1.29, 1.82) is 0 Å². The summed E-state index contributed by atoms with van der Waals surface area (Å²) in [5.74, 6) is 1.52. The fourth-order valence-corrected chi connectivity index (χ4v) is 6.17. The minimum absolute atomic E-state index is 0.0506. The summed E-state index contributed by atoms with van der Waals surface area (Å²) in [6.07, 6.45) is 5.56. The van der Waals surface area contributed by atoms with Crippen LogP contribution in [0.15, 0.2) is 65.9 Å². The summed E-state index contributed by atoms with van der Waals surface area (Å²) in [5.41, 5.74) is 5.81. The minimum atomic E-state index is -0.319. The number of aliphatic hydroxyl groups excluding tert-OH is 1. The predicted octanol–water partition coefficient (Wildman–Crippen LogP) is 3.91. The Balaban J connectivity index is 1.24. The third kappa shape index (κ3) is 4.85. The number of methoxy groups -OCH3 is 2. The lowest BCUT2D eigenvalue weighted by Crippen LogP contribution is -2.48. The summed E-state index contributed by atoms with van der Waals surface area (Å²) in [4.78, 5) is 26.8. The molecule has 3 atom stereocenters. The van der Waals surface area contributed by atoms with Crippen molar-refractivity contribution in [2.45, 2.75) is 37.3 Å². The van der Waals surface area contributed by atoms with Gasteiger partial charge in [0.05, 0.1) is 32.1 Å². The summed E-state index contributed by atoms with van der Waals surface area (Å²) < 4.78 is 11.2. The lowest BCUT2D eigenvalue weighted by molar-refractivity contribution is 0.0746. The zero-order valence-electron chi connectivity index (χ0n) is 22.4. The van der Waals surface area contributed by atoms with E-state index < -0.39 is 0 Å². The van der Waals surface area contributed by atoms with Crippen LogP contribution in [0.5, 0.6) is 11.5 Å². The topological polar surface area (TPSA) is 87.5 Å². The van der Waals surface area contributed by atoms with Gasteiger partial charge in [0.15, 0.2) is 11.5 Å². The van der Waals surface area contributed by atoms with Gasteiger partial charge in [0.2, 0.25) is 0 Å². The fourth-order valence-electron chi connectivity index (χ4n) is 6.17. The highest BCUT2D eigenvalue weighted by Crippen LogP contribution is 2.44. The van der Waals surface area contributed by atoms with Gasteiger partial charge in [-0.2, -0.15) is 0 Å². The van der Waals surface area contributed by atoms with E-state index in [1.165, 1.54) is 0 Å². The van der Waals surface area contributed by atoms with Gasteiger partial charge in [0.1, 0.15) is 0 Å². The van der Waals surface area contributed by atoms with Gasteiger partial charge in [0.25, 0.3) is 5.91 Å². The highest BCUT2D eigenvalue weighted by atomic mass is 16.5. The number of carbonyl (C=O) groups excluding carboxylic acids is 1. The fraction of sp³-hybridized carbons (Fsp3) is 0.387. The molecule has 8 heteroatoms. The molecule has 2 aliphatic heterocycles. The lowest BCUT2D eigenvalue weighted by atomic mass is 9.74. The Hall–Kier alpha value is -3.91. The molecule has 39 heavy (non-hydrogen) atoms. The molecule has 1 saturated carbocycles. The number of aliphatic imine (C=N–C) groups is 1. The molecule has 3 aliphatic rings. The lowest BCUT2D eigenvalue weighted by Gasteiger charge is -2.37. The number of anilines is 1. The molecule has 2 aromatic carbocycles. The molecule has 202 valence electrons. The molecule has 8 nitrogen and oxygen atoms in total. The van der Waals surface area contributed by atoms with Gasteiger partial charge in [-0.05, 0) is 61.2 Å². The number of nitrogens with zero attached hydrogens (tertiary/aromatic N) is 4. The molecule has 3 unspecified atom stereocenters. The van der Waals surface area contributed by atoms with Gasteiger partial charge in [-0.1, -0.05) is 12.1 Å². The van der Waals surface area contributed by atoms with Crippen molar-refractivity contribution in [3.8, 4) is 11.5 Å². The molecule has 1 aliphatic carbocycles. The van der Waals surface area contributed by atoms with Crippen LogP contribution in [0.4, 0.5) is 5.69 Å². The molecule has 3 heterocycles. The van der Waals surface area contributed by atoms with Gasteiger partial charge >= 0.3 is 0 Å². The third-order valence-corrected chi connectivity index (χ3v) is 8.29. The van der Waals surface area contributed by atoms with Crippen LogP contribution in [-0.4, -0.2) is 79.2 Å². The number of hydrogen-bond acceptors (Lipinski definition) is 7. The molecule has 0 spiro atoms. The molecule has 1 N–H and O–H groups in total. The Bertz CT molecular complexity index is 1370. The minimum Gasteiger partial charge on any atom is -0.493 e. The van der Waals surface area contributed by atoms with Crippen LogP contribution < -0.4 is 14.4 Å². The standard InChI is InChI=1S/C31H34N4O4/c1-38-28-18-24-25-17-23(36)7-8-27(25)33-30(26(24)19-29(28)39-2)20-3-5-21(6-4-20)31(37)35-15-13-34(14-16-35)22-9-11-32-12-10-22/h3-6,9-12,18-19,23,25,27,36H,7-8,13-17H2,1-2H3. The molecule has 1 amide bonds. The van der Waals surface area contributed by atoms with Crippen molar-refractivity contribution in [2.24, 2.45) is 4.99 Å². The average Bonchev–Trinajstić information content (AvgIpc) is 3.00. The molecule has 0 bridgehead atoms. The summed E-state index contributed by atoms with van der Waals surface area (Å²) in [6, 6.07) is 16.0. The molecular formula is C31H34N4O4. The summed E-state index contributed by atoms with van der Waals surface area (Å²) in [5, 5.41) is 10.4. The number of aliphatic hydroxyl groups is 1. The van der Waals surface area contributed by atoms with E-state index in [2.05, 4.69) is 9.88 Å². The number of pyridine rings is 1. The van der Waals surface area contributed by atoms with E-state index in [9.17, 15) is 9.90 Å². The van der Waals surface area contributed by atoms with E-state index in [1.54, 1.807) is 26.6 Å². The monoisotopic (exact) mass is 526 g/mol. The van der Waals surface area contributed by atoms with E-state index >= 15 is 0 Å². The normalized spacial score (nSPS) is 22.4. The van der Waals surface area contributed by atoms with Crippen LogP contribution in [-0.2, 0) is 0 Å². The molecule has 3 aromatic rings. The van der Waals surface area contributed by atoms with Crippen molar-refractivity contribution < 1.29 is 19.4 Å². The molecule has 1 aromatic heterocycles. The van der Waals surface area contributed by atoms with E-state index in [1.807, 2.05) is 53.4 Å². The number of rotatable bonds is 5. The number of amides is 1. The zero-order chi connectivity index (χ0) is 26.9. The largest absolute Gasteiger partial charge is 0.493 e. The molecule has 0 radical (unpaired) electrons. The second kappa shape index (κ2) is 10.7. The van der Waals surface area contributed by atoms with Crippen LogP contribution in [0.25, 0.3) is 0 Å². The van der Waals surface area contributed by atoms with Gasteiger partial charge in [-0.3, -0.25) is 14.8 Å². The highest BCUT2D eigenvalue weighted by Gasteiger charge is 2.37. The highest BCUT2D eigenvalue weighted by molar-refractivity contribution is 6.15. The van der Waals surface area contributed by atoms with Crippen LogP contribution >= 0.6 is 0 Å². The first-order chi connectivity index (χ1) is 19.1. The van der Waals surface area contributed by atoms with Crippen LogP contribution in [0, 0.1) is 0 Å². The molecule has 1 saturated heterocycles. The Morgan fingerprint density at radius 2 is 1.62 bits per heavy atom. The van der Waals surface area contributed by atoms with E-state index in [-0.39, 0.29) is 24.0 Å². The van der Waals surface area contributed by atoms with Crippen molar-refractivity contribution in [3.63, 3.8) is 0 Å². The Morgan fingerprint density at radius 1 is 0.923 bits per heavy atom. The number of fused-ring (bicyclic) bond motifs is 3. The second-order valence-corrected chi connectivity index (χ2v) is 10.5. The van der Waals surface area contributed by atoms with Crippen LogP contribution in [0.3, 0.4) is 0 Å². The van der Waals surface area contributed by atoms with Crippen LogP contribution in [0.2, 0.25) is 0 Å². The molecule has 6 rings (SSSR count). The maximum absolute atomic E-state index is 13.3. The number of ether oxygens (including phenoxy) is 2. The number of benzene rings is 2. The first kappa shape index (κ1) is 25.4. The maximum atomic E-state index is 13.3. The van der Waals surface area contributed by atoms with Crippen LogP contribution in [0.1, 0.15) is 52.2 Å². The first-order valence-electron chi connectivity index (χ1n) is 13.6. The first-order valence-corrected chi connectivity index (χ1v) is 13.6. The maximum Gasteiger partial charge on any atom is 0.253 e. The Kier molecular flexibility index (Phi) is 6.95. The SMILES string of the molecule is COc1cc2c(cc1OC)C1CC(O)CCC1N=C2c1ccc(C(=O)N2CCN(c3ccncc3)CC2)cc1. The molecular weight excluding hydrogens is 492 g/mol. The van der Waals surface area contributed by atoms with Crippen molar-refractivity contribution in [1.82, 2.24) is 9.88 Å². The third-order valence-electron chi connectivity index (χ3n) is 8.29. The molecule has 2 fully saturated rings. The van der Waals surface area contributed by atoms with Gasteiger partial charge in [-0.15, -0.1) is 0 Å². The second-order valence-electron chi connectivity index (χ2n) is 10.5. The van der Waals surface area contributed by atoms with E-state index in [0.717, 1.165) is 54.0 Å². The summed E-state index contributed by atoms with van der Waals surface area (Å²) in [7, 11) is 3.28. The number of carbonyl (C=O) groups is 1. The van der Waals surface area contributed by atoms with Crippen molar-refractivity contribution >= 4 is 17.3 Å². The Morgan fingerprint density at radius 3 is 2.31 bits per heavy atom. The summed E-state index contributed by atoms with van der Waals surface area (Å²) >= 11 is 0. The number of aromatic nitrogens is 1. The van der Waals surface area contributed by atoms with Gasteiger partial charge in [-0.25, -0.2) is 0 Å². The Labute approximate surface area is 228 Å². The van der Waals surface area contributed by atoms with Gasteiger partial charge < -0.3 is 24.4 Å². The van der Waals surface area contributed by atoms with Crippen molar-refractivity contribution in [3.05, 3.63) is 83.2 Å². The quantitative estimate of drug-likeness (QED) is 0.543. The predicted molar refractivity (Wildman–Crippen MR) is 150 cm³/mol. The number of hydrogen-bond donors (Lipinski definition) is 1. The van der Waals surface area contributed by atoms with Crippen molar-refractivity contribution in [2.75, 3.05) is 45.3 Å². The average molecular weight is 527 g/mol. The van der Waals surface area contributed by atoms with Gasteiger partial charge in [0, 0.05) is 66.9 Å². The summed E-state index contributed by atoms with van der Waals surface area (Å²) in [6.45, 7) is 2.95. The zero-order valence-corrected chi connectivity index (χ0v) is 22.4. The van der Waals surface area contributed by atoms with E-state index in [0.29, 0.717) is 36.6 Å². The van der Waals surface area contributed by atoms with E-state index in [4.69, 9.17) is 14.5 Å².